The second-order valence-electron chi connectivity index (χ2n) is 19.8. The number of amides is 2. The lowest BCUT2D eigenvalue weighted by atomic mass is 9.87. The summed E-state index contributed by atoms with van der Waals surface area (Å²) in [6.45, 7) is 2.86. The van der Waals surface area contributed by atoms with Crippen LogP contribution >= 0.6 is 35.2 Å². The minimum atomic E-state index is -5.58. The number of phosphoric ester groups is 3. The minimum absolute atomic E-state index is 0.0347. The highest BCUT2D eigenvalue weighted by Gasteiger charge is 2.50. The molecular weight excluding hydrogens is 1060 g/mol. The number of imidazole rings is 1. The SMILES string of the molecule is CCCCCCCCCCCCCCCCCCCCCCCCCC(=O)SCCNC(=O)CCNC(=O)[C@H](O)C(C)(C)COP(=O)(O)OP(=O)(O)OC[C@H]1O[C@@H](n2cnc3c(N)ncnc32)C(O)[C@H]1OP(=O)(O)O. The largest absolute Gasteiger partial charge is 0.481 e. The van der Waals surface area contributed by atoms with Crippen molar-refractivity contribution in [1.29, 1.82) is 0 Å². The number of anilines is 1. The van der Waals surface area contributed by atoms with Gasteiger partial charge in [0, 0.05) is 37.1 Å². The average Bonchev–Trinajstić information content (AvgIpc) is 3.91. The molecule has 0 aromatic carbocycles. The first kappa shape index (κ1) is 66.8. The minimum Gasteiger partial charge on any atom is -0.386 e. The zero-order valence-electron chi connectivity index (χ0n) is 44.0. The third-order valence-electron chi connectivity index (χ3n) is 12.7. The first-order valence-corrected chi connectivity index (χ1v) is 32.1. The number of carbonyl (C=O) groups excluding carboxylic acids is 3. The van der Waals surface area contributed by atoms with Crippen LogP contribution in [0.1, 0.15) is 188 Å². The molecule has 28 heteroatoms. The van der Waals surface area contributed by atoms with Gasteiger partial charge in [-0.3, -0.25) is 32.5 Å². The smallest absolute Gasteiger partial charge is 0.386 e. The number of hydrogen-bond donors (Lipinski definition) is 9. The van der Waals surface area contributed by atoms with Gasteiger partial charge in [-0.05, 0) is 6.42 Å². The zero-order valence-corrected chi connectivity index (χ0v) is 47.5. The van der Waals surface area contributed by atoms with E-state index >= 15 is 0 Å². The standard InChI is InChI=1S/C47H86N7O17P3S/c1-4-5-6-7-8-9-10-11-12-13-14-15-16-17-18-19-20-21-22-23-24-25-26-27-38(56)75-31-30-49-37(55)28-29-50-45(59)42(58)47(2,3)33-68-74(65,66)71-73(63,64)67-32-36-41(70-72(60,61)62)40(57)46(69-36)54-35-53-39-43(48)51-34-52-44(39)54/h34-36,40-42,46,57-58H,4-33H2,1-3H3,(H,49,55)(H,50,59)(H,63,64)(H,65,66)(H2,48,51,52)(H2,60,61,62)/t36-,40?,41+,42+,46-/m1/s1. The lowest BCUT2D eigenvalue weighted by molar-refractivity contribution is -0.137. The molecule has 2 aromatic heterocycles. The molecule has 0 saturated carbocycles. The number of carbonyl (C=O) groups is 3. The van der Waals surface area contributed by atoms with Crippen molar-refractivity contribution in [2.45, 2.75) is 212 Å². The molecule has 0 spiro atoms. The van der Waals surface area contributed by atoms with Crippen LogP contribution in [0.5, 0.6) is 0 Å². The number of thioether (sulfide) groups is 1. The zero-order chi connectivity index (χ0) is 55.3. The molecule has 1 fully saturated rings. The van der Waals surface area contributed by atoms with E-state index in [4.69, 9.17) is 19.5 Å². The van der Waals surface area contributed by atoms with Crippen molar-refractivity contribution < 1.29 is 80.5 Å². The number of ether oxygens (including phenoxy) is 1. The van der Waals surface area contributed by atoms with Crippen molar-refractivity contribution in [3.05, 3.63) is 12.7 Å². The summed E-state index contributed by atoms with van der Waals surface area (Å²) in [6, 6.07) is 0. The molecule has 10 N–H and O–H groups in total. The molecule has 432 valence electrons. The van der Waals surface area contributed by atoms with Gasteiger partial charge in [-0.25, -0.2) is 28.6 Å². The highest BCUT2D eigenvalue weighted by molar-refractivity contribution is 8.13. The molecule has 7 atom stereocenters. The van der Waals surface area contributed by atoms with Crippen LogP contribution in [0.3, 0.4) is 0 Å². The van der Waals surface area contributed by atoms with Gasteiger partial charge in [0.2, 0.25) is 11.8 Å². The van der Waals surface area contributed by atoms with Crippen LogP contribution in [-0.4, -0.2) is 123 Å². The number of aliphatic hydroxyl groups excluding tert-OH is 2. The quantitative estimate of drug-likeness (QED) is 0.0224. The Kier molecular flexibility index (Phi) is 31.4. The summed E-state index contributed by atoms with van der Waals surface area (Å²) in [6.07, 6.45) is 23.8. The van der Waals surface area contributed by atoms with Crippen LogP contribution in [-0.2, 0) is 50.7 Å². The van der Waals surface area contributed by atoms with Crippen LogP contribution in [0.2, 0.25) is 0 Å². The number of aromatic nitrogens is 4. The Balaban J connectivity index is 1.20. The monoisotopic (exact) mass is 1150 g/mol. The summed E-state index contributed by atoms with van der Waals surface area (Å²) in [5.74, 6) is -1.01. The Morgan fingerprint density at radius 1 is 0.760 bits per heavy atom. The van der Waals surface area contributed by atoms with Crippen molar-refractivity contribution in [1.82, 2.24) is 30.2 Å². The number of nitrogens with two attached hydrogens (primary N) is 1. The summed E-state index contributed by atoms with van der Waals surface area (Å²) in [5, 5.41) is 26.8. The molecule has 1 aliphatic rings. The maximum Gasteiger partial charge on any atom is 0.481 e. The first-order valence-electron chi connectivity index (χ1n) is 26.6. The van der Waals surface area contributed by atoms with Gasteiger partial charge in [0.1, 0.15) is 36.3 Å². The Labute approximate surface area is 446 Å². The molecule has 2 aromatic rings. The Morgan fingerprint density at radius 3 is 1.81 bits per heavy atom. The van der Waals surface area contributed by atoms with Gasteiger partial charge in [-0.15, -0.1) is 0 Å². The van der Waals surface area contributed by atoms with Crippen molar-refractivity contribution >= 4 is 69.1 Å². The normalized spacial score (nSPS) is 19.2. The highest BCUT2D eigenvalue weighted by Crippen LogP contribution is 2.61. The summed E-state index contributed by atoms with van der Waals surface area (Å²) >= 11 is 1.16. The molecule has 0 bridgehead atoms. The predicted molar refractivity (Wildman–Crippen MR) is 284 cm³/mol. The Bertz CT molecular complexity index is 2140. The molecule has 0 aliphatic carbocycles. The number of rotatable bonds is 43. The van der Waals surface area contributed by atoms with Gasteiger partial charge in [0.05, 0.1) is 19.5 Å². The Hall–Kier alpha value is -2.44. The van der Waals surface area contributed by atoms with Gasteiger partial charge in [0.25, 0.3) is 0 Å². The van der Waals surface area contributed by atoms with Gasteiger partial charge in [-0.2, -0.15) is 4.31 Å². The third-order valence-corrected chi connectivity index (χ3v) is 16.8. The van der Waals surface area contributed by atoms with Crippen LogP contribution in [0.25, 0.3) is 11.2 Å². The highest BCUT2D eigenvalue weighted by atomic mass is 32.2. The van der Waals surface area contributed by atoms with Crippen LogP contribution in [0, 0.1) is 5.41 Å². The van der Waals surface area contributed by atoms with Gasteiger partial charge >= 0.3 is 23.5 Å². The van der Waals surface area contributed by atoms with E-state index in [1.807, 2.05) is 0 Å². The number of hydrogen-bond acceptors (Lipinski definition) is 18. The van der Waals surface area contributed by atoms with Crippen molar-refractivity contribution in [2.75, 3.05) is 37.8 Å². The fourth-order valence-corrected chi connectivity index (χ4v) is 12.0. The maximum atomic E-state index is 12.8. The molecule has 0 radical (unpaired) electrons. The lowest BCUT2D eigenvalue weighted by Crippen LogP contribution is -2.46. The number of nitrogen functional groups attached to an aromatic ring is 1. The van der Waals surface area contributed by atoms with E-state index in [1.54, 1.807) is 0 Å². The Morgan fingerprint density at radius 2 is 1.28 bits per heavy atom. The molecule has 75 heavy (non-hydrogen) atoms. The molecular formula is C47H86N7O17P3S. The molecule has 1 saturated heterocycles. The second kappa shape index (κ2) is 35.2. The topological polar surface area (TPSA) is 364 Å². The van der Waals surface area contributed by atoms with E-state index in [0.717, 1.165) is 48.2 Å². The van der Waals surface area contributed by atoms with E-state index in [0.29, 0.717) is 12.2 Å². The maximum absolute atomic E-state index is 12.8. The summed E-state index contributed by atoms with van der Waals surface area (Å²) in [4.78, 5) is 88.7. The lowest BCUT2D eigenvalue weighted by Gasteiger charge is -2.30. The summed E-state index contributed by atoms with van der Waals surface area (Å²) < 4.78 is 62.6. The molecule has 24 nitrogen and oxygen atoms in total. The number of unbranched alkanes of at least 4 members (excludes halogenated alkanes) is 22. The van der Waals surface area contributed by atoms with Crippen LogP contribution in [0.4, 0.5) is 5.82 Å². The van der Waals surface area contributed by atoms with Gasteiger partial charge < -0.3 is 50.9 Å². The number of aliphatic hydroxyl groups is 2. The van der Waals surface area contributed by atoms with E-state index < -0.39 is 84.6 Å². The van der Waals surface area contributed by atoms with E-state index in [2.05, 4.69) is 41.3 Å². The number of fused-ring (bicyclic) bond motifs is 1. The molecule has 1 aliphatic heterocycles. The third kappa shape index (κ3) is 27.3. The van der Waals surface area contributed by atoms with Gasteiger partial charge in [0.15, 0.2) is 22.8 Å². The summed E-state index contributed by atoms with van der Waals surface area (Å²) in [5.41, 5.74) is 4.30. The number of nitrogens with zero attached hydrogens (tertiary/aromatic N) is 4. The fraction of sp³-hybridized carbons (Fsp3) is 0.830. The molecule has 2 amide bonds. The first-order chi connectivity index (χ1) is 35.6. The summed E-state index contributed by atoms with van der Waals surface area (Å²) in [7, 11) is -16.4. The predicted octanol–water partition coefficient (Wildman–Crippen LogP) is 8.05. The number of phosphoric acid groups is 3. The molecule has 3 rings (SSSR count). The van der Waals surface area contributed by atoms with Crippen molar-refractivity contribution in [3.63, 3.8) is 0 Å². The van der Waals surface area contributed by atoms with Crippen molar-refractivity contribution in [2.24, 2.45) is 5.41 Å². The van der Waals surface area contributed by atoms with Gasteiger partial charge in [-0.1, -0.05) is 174 Å². The van der Waals surface area contributed by atoms with Crippen LogP contribution < -0.4 is 16.4 Å². The second-order valence-corrected chi connectivity index (χ2v) is 25.2. The van der Waals surface area contributed by atoms with Crippen LogP contribution in [0.15, 0.2) is 12.7 Å². The van der Waals surface area contributed by atoms with Crippen molar-refractivity contribution in [3.8, 4) is 0 Å². The molecule has 3 heterocycles. The van der Waals surface area contributed by atoms with E-state index in [1.165, 1.54) is 142 Å². The number of nitrogens with one attached hydrogen (secondary N) is 2. The fourth-order valence-electron chi connectivity index (χ4n) is 8.42. The average molecular weight is 1150 g/mol. The van der Waals surface area contributed by atoms with E-state index in [-0.39, 0.29) is 41.6 Å². The molecule has 3 unspecified atom stereocenters. The van der Waals surface area contributed by atoms with E-state index in [9.17, 15) is 57.9 Å².